The van der Waals surface area contributed by atoms with Gasteiger partial charge in [0.2, 0.25) is 5.95 Å². The van der Waals surface area contributed by atoms with Crippen molar-refractivity contribution in [3.8, 4) is 17.5 Å². The summed E-state index contributed by atoms with van der Waals surface area (Å²) in [4.78, 5) is 7.80. The lowest BCUT2D eigenvalue weighted by atomic mass is 10.2. The minimum absolute atomic E-state index is 0.0478. The van der Waals surface area contributed by atoms with Crippen LogP contribution in [0.3, 0.4) is 0 Å². The number of halogens is 2. The van der Waals surface area contributed by atoms with Gasteiger partial charge in [-0.05, 0) is 18.4 Å². The zero-order valence-electron chi connectivity index (χ0n) is 9.72. The van der Waals surface area contributed by atoms with E-state index in [9.17, 15) is 8.78 Å². The van der Waals surface area contributed by atoms with Gasteiger partial charge in [0.1, 0.15) is 22.4 Å². The van der Waals surface area contributed by atoms with E-state index in [1.165, 1.54) is 17.8 Å². The summed E-state index contributed by atoms with van der Waals surface area (Å²) in [6, 6.07) is 4.40. The van der Waals surface area contributed by atoms with E-state index in [0.717, 1.165) is 6.07 Å². The van der Waals surface area contributed by atoms with Crippen LogP contribution in [0.5, 0.6) is 0 Å². The molecule has 0 aliphatic rings. The number of thioether (sulfide) groups is 1. The molecule has 2 aromatic rings. The molecular formula is C11H8F2N4OS. The van der Waals surface area contributed by atoms with Gasteiger partial charge in [0, 0.05) is 0 Å². The summed E-state index contributed by atoms with van der Waals surface area (Å²) in [5.74, 6) is -0.466. The average Bonchev–Trinajstić information content (AvgIpc) is 2.87. The van der Waals surface area contributed by atoms with Crippen LogP contribution in [0.1, 0.15) is 17.7 Å². The first-order valence-corrected chi connectivity index (χ1v) is 6.29. The molecule has 0 bridgehead atoms. The van der Waals surface area contributed by atoms with E-state index in [2.05, 4.69) is 9.97 Å². The van der Waals surface area contributed by atoms with Crippen LogP contribution in [0.25, 0.3) is 11.5 Å². The van der Waals surface area contributed by atoms with Crippen molar-refractivity contribution in [2.75, 3.05) is 12.0 Å². The highest BCUT2D eigenvalue weighted by Gasteiger charge is 2.19. The van der Waals surface area contributed by atoms with E-state index in [1.54, 1.807) is 6.26 Å². The molecule has 0 aliphatic heterocycles. The lowest BCUT2D eigenvalue weighted by Gasteiger charge is -2.05. The van der Waals surface area contributed by atoms with E-state index < -0.39 is 12.2 Å². The third kappa shape index (κ3) is 2.51. The zero-order valence-corrected chi connectivity index (χ0v) is 10.5. The molecule has 19 heavy (non-hydrogen) atoms. The Kier molecular flexibility index (Phi) is 3.66. The Morgan fingerprint density at radius 1 is 1.42 bits per heavy atom. The van der Waals surface area contributed by atoms with Crippen LogP contribution in [0, 0.1) is 11.3 Å². The maximum atomic E-state index is 12.5. The Morgan fingerprint density at radius 2 is 2.16 bits per heavy atom. The van der Waals surface area contributed by atoms with Gasteiger partial charge in [-0.2, -0.15) is 5.26 Å². The summed E-state index contributed by atoms with van der Waals surface area (Å²) in [6.45, 7) is 0. The number of alkyl halides is 2. The molecule has 0 fully saturated rings. The molecule has 0 spiro atoms. The van der Waals surface area contributed by atoms with Crippen molar-refractivity contribution in [2.45, 2.75) is 11.5 Å². The molecule has 0 amide bonds. The quantitative estimate of drug-likeness (QED) is 0.687. The fourth-order valence-electron chi connectivity index (χ4n) is 1.48. The molecule has 8 heteroatoms. The summed E-state index contributed by atoms with van der Waals surface area (Å²) >= 11 is 1.21. The third-order valence-corrected chi connectivity index (χ3v) is 2.96. The number of nitriles is 1. The highest BCUT2D eigenvalue weighted by atomic mass is 32.2. The topological polar surface area (TPSA) is 88.7 Å². The molecule has 0 atom stereocenters. The highest BCUT2D eigenvalue weighted by molar-refractivity contribution is 7.98. The number of hydrogen-bond acceptors (Lipinski definition) is 6. The maximum absolute atomic E-state index is 12.5. The van der Waals surface area contributed by atoms with Crippen molar-refractivity contribution in [2.24, 2.45) is 0 Å². The van der Waals surface area contributed by atoms with Crippen LogP contribution in [0.15, 0.2) is 21.6 Å². The molecule has 0 unspecified atom stereocenters. The molecule has 98 valence electrons. The van der Waals surface area contributed by atoms with Gasteiger partial charge in [0.05, 0.1) is 0 Å². The molecule has 0 aliphatic carbocycles. The second-order valence-electron chi connectivity index (χ2n) is 3.43. The van der Waals surface area contributed by atoms with E-state index >= 15 is 0 Å². The van der Waals surface area contributed by atoms with Crippen LogP contribution < -0.4 is 5.73 Å². The first kappa shape index (κ1) is 13.3. The fourth-order valence-corrected chi connectivity index (χ4v) is 2.01. The van der Waals surface area contributed by atoms with Gasteiger partial charge in [-0.25, -0.2) is 18.7 Å². The van der Waals surface area contributed by atoms with Gasteiger partial charge in [0.15, 0.2) is 11.5 Å². The standard InChI is InChI=1S/C11H8F2N4OS/c1-19-10-5(4-14)8(16-11(15)17-10)6-2-3-7(18-6)9(12)13/h2-3,9H,1H3,(H2,15,16,17). The van der Waals surface area contributed by atoms with Crippen molar-refractivity contribution in [3.05, 3.63) is 23.5 Å². The second kappa shape index (κ2) is 5.24. The Labute approximate surface area is 111 Å². The Balaban J connectivity index is 2.60. The zero-order chi connectivity index (χ0) is 14.0. The number of aromatic nitrogens is 2. The van der Waals surface area contributed by atoms with Crippen molar-refractivity contribution >= 4 is 17.7 Å². The molecular weight excluding hydrogens is 274 g/mol. The molecule has 2 N–H and O–H groups in total. The van der Waals surface area contributed by atoms with Gasteiger partial charge in [-0.1, -0.05) is 0 Å². The molecule has 2 rings (SSSR count). The van der Waals surface area contributed by atoms with Crippen molar-refractivity contribution in [1.82, 2.24) is 9.97 Å². The van der Waals surface area contributed by atoms with E-state index in [1.807, 2.05) is 6.07 Å². The fraction of sp³-hybridized carbons (Fsp3) is 0.182. The average molecular weight is 282 g/mol. The van der Waals surface area contributed by atoms with Crippen molar-refractivity contribution in [1.29, 1.82) is 5.26 Å². The smallest absolute Gasteiger partial charge is 0.295 e. The first-order valence-electron chi connectivity index (χ1n) is 5.06. The first-order chi connectivity index (χ1) is 9.06. The number of furan rings is 1. The molecule has 2 heterocycles. The van der Waals surface area contributed by atoms with E-state index in [0.29, 0.717) is 5.03 Å². The second-order valence-corrected chi connectivity index (χ2v) is 4.22. The minimum atomic E-state index is -2.72. The monoisotopic (exact) mass is 282 g/mol. The summed E-state index contributed by atoms with van der Waals surface area (Å²) in [7, 11) is 0. The number of nitrogens with two attached hydrogens (primary N) is 1. The van der Waals surface area contributed by atoms with E-state index in [-0.39, 0.29) is 23.0 Å². The van der Waals surface area contributed by atoms with Crippen LogP contribution in [0.4, 0.5) is 14.7 Å². The number of rotatable bonds is 3. The summed E-state index contributed by atoms with van der Waals surface area (Å²) in [5.41, 5.74) is 5.79. The predicted molar refractivity (Wildman–Crippen MR) is 65.6 cm³/mol. The Morgan fingerprint density at radius 3 is 2.68 bits per heavy atom. The molecule has 0 radical (unpaired) electrons. The SMILES string of the molecule is CSc1nc(N)nc(-c2ccc(C(F)F)o2)c1C#N. The minimum Gasteiger partial charge on any atom is -0.453 e. The normalized spacial score (nSPS) is 10.7. The maximum Gasteiger partial charge on any atom is 0.295 e. The van der Waals surface area contributed by atoms with E-state index in [4.69, 9.17) is 15.4 Å². The Hall–Kier alpha value is -2.14. The highest BCUT2D eigenvalue weighted by Crippen LogP contribution is 2.31. The Bertz CT molecular complexity index is 651. The van der Waals surface area contributed by atoms with Gasteiger partial charge >= 0.3 is 0 Å². The molecule has 2 aromatic heterocycles. The molecule has 0 aromatic carbocycles. The molecule has 0 saturated carbocycles. The lowest BCUT2D eigenvalue weighted by Crippen LogP contribution is -2.01. The van der Waals surface area contributed by atoms with Crippen LogP contribution in [0.2, 0.25) is 0 Å². The number of nitrogen functional groups attached to an aromatic ring is 1. The van der Waals surface area contributed by atoms with Crippen LogP contribution in [-0.2, 0) is 0 Å². The number of anilines is 1. The number of nitrogens with zero attached hydrogens (tertiary/aromatic N) is 3. The van der Waals surface area contributed by atoms with Gasteiger partial charge in [0.25, 0.3) is 6.43 Å². The van der Waals surface area contributed by atoms with Crippen molar-refractivity contribution in [3.63, 3.8) is 0 Å². The van der Waals surface area contributed by atoms with Gasteiger partial charge < -0.3 is 10.2 Å². The van der Waals surface area contributed by atoms with Crippen LogP contribution in [-0.4, -0.2) is 16.2 Å². The third-order valence-electron chi connectivity index (χ3n) is 2.27. The predicted octanol–water partition coefficient (Wildman–Crippen LogP) is 2.85. The largest absolute Gasteiger partial charge is 0.453 e. The molecule has 5 nitrogen and oxygen atoms in total. The van der Waals surface area contributed by atoms with Gasteiger partial charge in [-0.15, -0.1) is 11.8 Å². The van der Waals surface area contributed by atoms with Crippen molar-refractivity contribution < 1.29 is 13.2 Å². The summed E-state index contributed by atoms with van der Waals surface area (Å²) in [5, 5.41) is 9.50. The summed E-state index contributed by atoms with van der Waals surface area (Å²) in [6.07, 6.45) is -1.00. The summed E-state index contributed by atoms with van der Waals surface area (Å²) < 4.78 is 29.9. The number of hydrogen-bond donors (Lipinski definition) is 1. The lowest BCUT2D eigenvalue weighted by molar-refractivity contribution is 0.122. The van der Waals surface area contributed by atoms with Gasteiger partial charge in [-0.3, -0.25) is 0 Å². The molecule has 0 saturated heterocycles. The van der Waals surface area contributed by atoms with Crippen LogP contribution >= 0.6 is 11.8 Å².